The van der Waals surface area contributed by atoms with Crippen LogP contribution in [-0.4, -0.2) is 33.4 Å². The lowest BCUT2D eigenvalue weighted by molar-refractivity contribution is 0.0942. The molecule has 32 heavy (non-hydrogen) atoms. The lowest BCUT2D eigenvalue weighted by atomic mass is 10.1. The van der Waals surface area contributed by atoms with E-state index in [1.807, 2.05) is 6.92 Å². The summed E-state index contributed by atoms with van der Waals surface area (Å²) in [6.45, 7) is 2.24. The molecule has 2 heterocycles. The molecule has 1 aliphatic rings. The lowest BCUT2D eigenvalue weighted by Gasteiger charge is -2.33. The van der Waals surface area contributed by atoms with Crippen molar-refractivity contribution < 1.29 is 18.2 Å². The number of amides is 2. The van der Waals surface area contributed by atoms with E-state index in [2.05, 4.69) is 5.32 Å². The number of nitrogens with zero attached hydrogens (tertiary/aromatic N) is 2. The minimum atomic E-state index is -2.94. The average Bonchev–Trinajstić information content (AvgIpc) is 3.19. The van der Waals surface area contributed by atoms with Crippen LogP contribution < -0.4 is 10.2 Å². The van der Waals surface area contributed by atoms with Gasteiger partial charge in [-0.15, -0.1) is 0 Å². The number of nitrogens with one attached hydrogen (secondary N) is 2. The molecule has 2 aromatic carbocycles. The molecule has 0 bridgehead atoms. The van der Waals surface area contributed by atoms with Gasteiger partial charge >= 0.3 is 0 Å². The number of halogens is 2. The first-order valence-corrected chi connectivity index (χ1v) is 12.0. The van der Waals surface area contributed by atoms with Gasteiger partial charge in [-0.3, -0.25) is 9.59 Å². The van der Waals surface area contributed by atoms with Crippen molar-refractivity contribution in [1.29, 1.82) is 4.78 Å². The Kier molecular flexibility index (Phi) is 5.56. The molecule has 1 unspecified atom stereocenters. The lowest BCUT2D eigenvalue weighted by Crippen LogP contribution is -2.43. The first-order chi connectivity index (χ1) is 15.1. The Morgan fingerprint density at radius 3 is 2.69 bits per heavy atom. The number of hydrogen-bond donors (Lipinski definition) is 2. The van der Waals surface area contributed by atoms with Gasteiger partial charge in [-0.1, -0.05) is 17.7 Å². The molecule has 1 aliphatic heterocycles. The van der Waals surface area contributed by atoms with Crippen molar-refractivity contribution in [2.24, 2.45) is 0 Å². The molecular formula is C22H20ClFN4O3S. The first-order valence-electron chi connectivity index (χ1n) is 9.69. The number of carbonyl (C=O) groups excluding carboxylic acids is 2. The van der Waals surface area contributed by atoms with E-state index in [1.54, 1.807) is 35.0 Å². The highest BCUT2D eigenvalue weighted by Crippen LogP contribution is 2.31. The largest absolute Gasteiger partial charge is 0.338 e. The molecule has 0 saturated carbocycles. The summed E-state index contributed by atoms with van der Waals surface area (Å²) in [4.78, 5) is 28.1. The molecule has 2 atom stereocenters. The zero-order chi connectivity index (χ0) is 23.2. The molecule has 0 radical (unpaired) electrons. The van der Waals surface area contributed by atoms with Crippen LogP contribution >= 0.6 is 11.6 Å². The SMILES string of the molecule is C[C@H]1CN(c2ccc(F)c(Cl)c2)C(=O)c2c(C(=O)Nc3cccc(S(C)(=N)=O)c3)ccn21. The summed E-state index contributed by atoms with van der Waals surface area (Å²) in [6, 6.07) is 11.7. The van der Waals surface area contributed by atoms with Crippen LogP contribution in [0.25, 0.3) is 0 Å². The van der Waals surface area contributed by atoms with Gasteiger partial charge in [0.15, 0.2) is 0 Å². The molecule has 0 fully saturated rings. The summed E-state index contributed by atoms with van der Waals surface area (Å²) in [7, 11) is -2.94. The summed E-state index contributed by atoms with van der Waals surface area (Å²) in [5.41, 5.74) is 1.19. The van der Waals surface area contributed by atoms with Crippen molar-refractivity contribution in [3.63, 3.8) is 0 Å². The fourth-order valence-electron chi connectivity index (χ4n) is 3.68. The van der Waals surface area contributed by atoms with Crippen molar-refractivity contribution >= 4 is 44.5 Å². The normalized spacial score (nSPS) is 17.6. The van der Waals surface area contributed by atoms with Crippen LogP contribution in [0.1, 0.15) is 33.8 Å². The number of anilines is 2. The summed E-state index contributed by atoms with van der Waals surface area (Å²) >= 11 is 5.90. The van der Waals surface area contributed by atoms with Gasteiger partial charge in [-0.25, -0.2) is 13.4 Å². The zero-order valence-electron chi connectivity index (χ0n) is 17.3. The van der Waals surface area contributed by atoms with Crippen molar-refractivity contribution in [2.45, 2.75) is 17.9 Å². The van der Waals surface area contributed by atoms with E-state index in [9.17, 15) is 18.2 Å². The molecule has 1 aromatic heterocycles. The van der Waals surface area contributed by atoms with Gasteiger partial charge in [-0.05, 0) is 49.4 Å². The number of aromatic nitrogens is 1. The van der Waals surface area contributed by atoms with Crippen molar-refractivity contribution in [1.82, 2.24) is 4.57 Å². The number of carbonyl (C=O) groups is 2. The van der Waals surface area contributed by atoms with Gasteiger partial charge in [0, 0.05) is 41.3 Å². The first kappa shape index (κ1) is 22.0. The monoisotopic (exact) mass is 474 g/mol. The number of fused-ring (bicyclic) bond motifs is 1. The van der Waals surface area contributed by atoms with E-state index in [-0.39, 0.29) is 22.3 Å². The third-order valence-corrected chi connectivity index (χ3v) is 6.73. The molecule has 0 aliphatic carbocycles. The van der Waals surface area contributed by atoms with E-state index < -0.39 is 27.4 Å². The Hall–Kier alpha value is -3.17. The minimum absolute atomic E-state index is 0.0938. The predicted octanol–water partition coefficient (Wildman–Crippen LogP) is 4.79. The van der Waals surface area contributed by atoms with Crippen LogP contribution in [0.15, 0.2) is 59.6 Å². The van der Waals surface area contributed by atoms with Crippen LogP contribution in [0.4, 0.5) is 15.8 Å². The van der Waals surface area contributed by atoms with Gasteiger partial charge in [0.1, 0.15) is 11.5 Å². The highest BCUT2D eigenvalue weighted by Gasteiger charge is 2.34. The maximum Gasteiger partial charge on any atom is 0.275 e. The van der Waals surface area contributed by atoms with Crippen LogP contribution in [0.2, 0.25) is 5.02 Å². The molecule has 7 nitrogen and oxygen atoms in total. The van der Waals surface area contributed by atoms with Crippen LogP contribution in [0, 0.1) is 10.6 Å². The Bertz CT molecular complexity index is 1350. The maximum atomic E-state index is 13.6. The van der Waals surface area contributed by atoms with E-state index >= 15 is 0 Å². The molecule has 2 N–H and O–H groups in total. The Labute approximate surface area is 189 Å². The van der Waals surface area contributed by atoms with Crippen LogP contribution in [0.5, 0.6) is 0 Å². The summed E-state index contributed by atoms with van der Waals surface area (Å²) < 4.78 is 35.1. The molecule has 3 aromatic rings. The second kappa shape index (κ2) is 8.07. The third-order valence-electron chi connectivity index (χ3n) is 5.29. The van der Waals surface area contributed by atoms with Gasteiger partial charge in [0.25, 0.3) is 11.8 Å². The summed E-state index contributed by atoms with van der Waals surface area (Å²) in [5, 5.41) is 2.62. The number of benzene rings is 2. The van der Waals surface area contributed by atoms with E-state index in [0.29, 0.717) is 22.8 Å². The molecule has 0 spiro atoms. The molecule has 10 heteroatoms. The summed E-state index contributed by atoms with van der Waals surface area (Å²) in [6.07, 6.45) is 2.98. The highest BCUT2D eigenvalue weighted by atomic mass is 35.5. The van der Waals surface area contributed by atoms with Crippen molar-refractivity contribution in [2.75, 3.05) is 23.0 Å². The highest BCUT2D eigenvalue weighted by molar-refractivity contribution is 7.91. The van der Waals surface area contributed by atoms with Gasteiger partial charge in [-0.2, -0.15) is 0 Å². The van der Waals surface area contributed by atoms with Crippen molar-refractivity contribution in [3.05, 3.63) is 76.8 Å². The molecule has 2 amide bonds. The van der Waals surface area contributed by atoms with Crippen molar-refractivity contribution in [3.8, 4) is 0 Å². The standard InChI is InChI=1S/C22H20ClFN4O3S/c1-13-12-28(15-6-7-19(24)18(23)11-15)22(30)20-17(8-9-27(13)20)21(29)26-14-4-3-5-16(10-14)32(2,25)31/h3-11,13,25H,12H2,1-2H3,(H,26,29)/t13-,32?/m0/s1. The molecular weight excluding hydrogens is 455 g/mol. The van der Waals surface area contributed by atoms with Gasteiger partial charge in [0.05, 0.1) is 20.3 Å². The second-order valence-corrected chi connectivity index (χ2v) is 10.2. The predicted molar refractivity (Wildman–Crippen MR) is 122 cm³/mol. The topological polar surface area (TPSA) is 95.3 Å². The molecule has 166 valence electrons. The van der Waals surface area contributed by atoms with Crippen LogP contribution in [-0.2, 0) is 9.73 Å². The summed E-state index contributed by atoms with van der Waals surface area (Å²) in [5.74, 6) is -1.50. The molecule has 0 saturated heterocycles. The smallest absolute Gasteiger partial charge is 0.275 e. The number of rotatable bonds is 4. The number of hydrogen-bond acceptors (Lipinski definition) is 4. The maximum absolute atomic E-state index is 13.6. The second-order valence-electron chi connectivity index (χ2n) is 7.67. The van der Waals surface area contributed by atoms with E-state index in [4.69, 9.17) is 16.4 Å². The van der Waals surface area contributed by atoms with Crippen LogP contribution in [0.3, 0.4) is 0 Å². The minimum Gasteiger partial charge on any atom is -0.338 e. The average molecular weight is 475 g/mol. The zero-order valence-corrected chi connectivity index (χ0v) is 18.8. The quantitative estimate of drug-likeness (QED) is 0.569. The van der Waals surface area contributed by atoms with E-state index in [0.717, 1.165) is 0 Å². The third kappa shape index (κ3) is 4.01. The van der Waals surface area contributed by atoms with Gasteiger partial charge in [0.2, 0.25) is 0 Å². The Morgan fingerprint density at radius 2 is 2.00 bits per heavy atom. The molecule has 4 rings (SSSR count). The fourth-order valence-corrected chi connectivity index (χ4v) is 4.54. The Balaban J connectivity index is 1.67. The van der Waals surface area contributed by atoms with E-state index in [1.165, 1.54) is 35.4 Å². The fraction of sp³-hybridized carbons (Fsp3) is 0.182. The van der Waals surface area contributed by atoms with Gasteiger partial charge < -0.3 is 14.8 Å². The Morgan fingerprint density at radius 1 is 1.25 bits per heavy atom.